The second-order valence-electron chi connectivity index (χ2n) is 3.35. The first-order chi connectivity index (χ1) is 6.25. The lowest BCUT2D eigenvalue weighted by molar-refractivity contribution is -0.114. The third-order valence-corrected chi connectivity index (χ3v) is 1.82. The standard InChI is InChI=1S/C9H13Cl3O2/c1-6(2)4-14-5-7(3)8(13)9(10,11)12/h5-6H,4H2,1-3H3/b7-5+. The molecule has 0 N–H and O–H groups in total. The van der Waals surface area contributed by atoms with Gasteiger partial charge in [0.05, 0.1) is 12.9 Å². The average molecular weight is 260 g/mol. The fourth-order valence-corrected chi connectivity index (χ4v) is 1.09. The van der Waals surface area contributed by atoms with Crippen LogP contribution in [0.25, 0.3) is 0 Å². The Morgan fingerprint density at radius 1 is 1.43 bits per heavy atom. The van der Waals surface area contributed by atoms with E-state index in [1.807, 2.05) is 13.8 Å². The van der Waals surface area contributed by atoms with E-state index >= 15 is 0 Å². The maximum Gasteiger partial charge on any atom is 0.253 e. The Morgan fingerprint density at radius 3 is 2.29 bits per heavy atom. The molecule has 0 aliphatic heterocycles. The molecule has 82 valence electrons. The molecule has 0 spiro atoms. The SMILES string of the molecule is C/C(=C\OCC(C)C)C(=O)C(Cl)(Cl)Cl. The summed E-state index contributed by atoms with van der Waals surface area (Å²) in [4.78, 5) is 11.3. The highest BCUT2D eigenvalue weighted by molar-refractivity contribution is 6.77. The lowest BCUT2D eigenvalue weighted by Crippen LogP contribution is -2.19. The van der Waals surface area contributed by atoms with E-state index in [0.717, 1.165) is 0 Å². The van der Waals surface area contributed by atoms with Crippen LogP contribution in [-0.4, -0.2) is 16.2 Å². The summed E-state index contributed by atoms with van der Waals surface area (Å²) < 4.78 is 3.21. The predicted octanol–water partition coefficient (Wildman–Crippen LogP) is 3.50. The molecule has 0 bridgehead atoms. The zero-order valence-electron chi connectivity index (χ0n) is 8.31. The normalized spacial score (nSPS) is 13.2. The molecule has 0 heterocycles. The maximum absolute atomic E-state index is 11.3. The summed E-state index contributed by atoms with van der Waals surface area (Å²) in [5, 5.41) is 0. The van der Waals surface area contributed by atoms with Crippen LogP contribution in [0.2, 0.25) is 0 Å². The number of ketones is 1. The minimum Gasteiger partial charge on any atom is -0.501 e. The van der Waals surface area contributed by atoms with Crippen molar-refractivity contribution in [1.29, 1.82) is 0 Å². The maximum atomic E-state index is 11.3. The van der Waals surface area contributed by atoms with E-state index in [1.54, 1.807) is 6.92 Å². The summed E-state index contributed by atoms with van der Waals surface area (Å²) in [5.41, 5.74) is 0.297. The molecule has 0 aliphatic carbocycles. The minimum absolute atomic E-state index is 0.297. The largest absolute Gasteiger partial charge is 0.501 e. The summed E-state index contributed by atoms with van der Waals surface area (Å²) in [6.45, 7) is 6.08. The van der Waals surface area contributed by atoms with Crippen LogP contribution in [0.4, 0.5) is 0 Å². The van der Waals surface area contributed by atoms with Gasteiger partial charge in [0.1, 0.15) is 0 Å². The fourth-order valence-electron chi connectivity index (χ4n) is 0.643. The van der Waals surface area contributed by atoms with Crippen LogP contribution in [0, 0.1) is 5.92 Å². The average Bonchev–Trinajstić information content (AvgIpc) is 2.00. The molecule has 5 heteroatoms. The van der Waals surface area contributed by atoms with Crippen molar-refractivity contribution in [1.82, 2.24) is 0 Å². The van der Waals surface area contributed by atoms with Crippen molar-refractivity contribution in [2.24, 2.45) is 5.92 Å². The Kier molecular flexibility index (Phi) is 5.87. The molecule has 0 aromatic heterocycles. The summed E-state index contributed by atoms with van der Waals surface area (Å²) >= 11 is 16.2. The van der Waals surface area contributed by atoms with Crippen LogP contribution in [-0.2, 0) is 9.53 Å². The van der Waals surface area contributed by atoms with Crippen molar-refractivity contribution in [3.63, 3.8) is 0 Å². The Balaban J connectivity index is 4.19. The number of rotatable bonds is 4. The first kappa shape index (κ1) is 14.1. The van der Waals surface area contributed by atoms with Gasteiger partial charge in [0.2, 0.25) is 5.78 Å². The highest BCUT2D eigenvalue weighted by atomic mass is 35.6. The summed E-state index contributed by atoms with van der Waals surface area (Å²) in [5.74, 6) is -0.173. The van der Waals surface area contributed by atoms with Crippen LogP contribution < -0.4 is 0 Å². The molecular weight excluding hydrogens is 246 g/mol. The monoisotopic (exact) mass is 258 g/mol. The second-order valence-corrected chi connectivity index (χ2v) is 5.64. The molecule has 0 amide bonds. The quantitative estimate of drug-likeness (QED) is 0.439. The molecule has 0 aromatic carbocycles. The fraction of sp³-hybridized carbons (Fsp3) is 0.667. The third-order valence-electron chi connectivity index (χ3n) is 1.31. The van der Waals surface area contributed by atoms with Gasteiger partial charge in [-0.25, -0.2) is 0 Å². The number of hydrogen-bond acceptors (Lipinski definition) is 2. The number of ether oxygens (including phenoxy) is 1. The number of halogens is 3. The van der Waals surface area contributed by atoms with E-state index < -0.39 is 9.58 Å². The van der Waals surface area contributed by atoms with E-state index in [4.69, 9.17) is 39.5 Å². The molecule has 0 aliphatic rings. The Labute approximate surface area is 99.2 Å². The summed E-state index contributed by atoms with van der Waals surface area (Å²) in [6.07, 6.45) is 1.32. The van der Waals surface area contributed by atoms with E-state index in [9.17, 15) is 4.79 Å². The Morgan fingerprint density at radius 2 is 1.93 bits per heavy atom. The van der Waals surface area contributed by atoms with Crippen molar-refractivity contribution in [3.05, 3.63) is 11.8 Å². The Hall–Kier alpha value is 0.0800. The number of alkyl halides is 3. The van der Waals surface area contributed by atoms with Gasteiger partial charge in [0.25, 0.3) is 3.79 Å². The van der Waals surface area contributed by atoms with Crippen molar-refractivity contribution in [2.75, 3.05) is 6.61 Å². The van der Waals surface area contributed by atoms with Gasteiger partial charge in [-0.05, 0) is 12.8 Å². The van der Waals surface area contributed by atoms with Crippen molar-refractivity contribution in [3.8, 4) is 0 Å². The van der Waals surface area contributed by atoms with Gasteiger partial charge in [-0.2, -0.15) is 0 Å². The van der Waals surface area contributed by atoms with Gasteiger partial charge in [-0.3, -0.25) is 4.79 Å². The van der Waals surface area contributed by atoms with Crippen LogP contribution in [0.5, 0.6) is 0 Å². The van der Waals surface area contributed by atoms with Crippen molar-refractivity contribution >= 4 is 40.6 Å². The zero-order valence-corrected chi connectivity index (χ0v) is 10.6. The molecular formula is C9H13Cl3O2. The molecule has 0 unspecified atom stereocenters. The van der Waals surface area contributed by atoms with Crippen molar-refractivity contribution in [2.45, 2.75) is 24.6 Å². The molecule has 0 rings (SSSR count). The number of carbonyl (C=O) groups excluding carboxylic acids is 1. The van der Waals surface area contributed by atoms with Gasteiger partial charge in [0, 0.05) is 5.57 Å². The van der Waals surface area contributed by atoms with E-state index in [-0.39, 0.29) is 0 Å². The molecule has 14 heavy (non-hydrogen) atoms. The molecule has 0 aromatic rings. The minimum atomic E-state index is -1.90. The zero-order chi connectivity index (χ0) is 11.4. The van der Waals surface area contributed by atoms with E-state index in [0.29, 0.717) is 18.1 Å². The number of Topliss-reactive ketones (excluding diaryl/α,β-unsaturated/α-hetero) is 1. The predicted molar refractivity (Wildman–Crippen MR) is 59.8 cm³/mol. The van der Waals surface area contributed by atoms with Crippen LogP contribution in [0.3, 0.4) is 0 Å². The smallest absolute Gasteiger partial charge is 0.253 e. The van der Waals surface area contributed by atoms with Gasteiger partial charge in [-0.15, -0.1) is 0 Å². The molecule has 0 saturated carbocycles. The summed E-state index contributed by atoms with van der Waals surface area (Å²) in [6, 6.07) is 0. The van der Waals surface area contributed by atoms with Gasteiger partial charge in [0.15, 0.2) is 0 Å². The Bertz CT molecular complexity index is 229. The third kappa shape index (κ3) is 5.74. The number of allylic oxidation sites excluding steroid dienone is 1. The second kappa shape index (κ2) is 5.84. The lowest BCUT2D eigenvalue weighted by Gasteiger charge is -2.10. The molecule has 0 radical (unpaired) electrons. The van der Waals surface area contributed by atoms with Crippen molar-refractivity contribution < 1.29 is 9.53 Å². The molecule has 2 nitrogen and oxygen atoms in total. The number of carbonyl (C=O) groups is 1. The van der Waals surface area contributed by atoms with Crippen LogP contribution >= 0.6 is 34.8 Å². The van der Waals surface area contributed by atoms with E-state index in [1.165, 1.54) is 6.26 Å². The molecule has 0 saturated heterocycles. The lowest BCUT2D eigenvalue weighted by atomic mass is 10.2. The number of hydrogen-bond donors (Lipinski definition) is 0. The van der Waals surface area contributed by atoms with Gasteiger partial charge >= 0.3 is 0 Å². The molecule has 0 fully saturated rings. The first-order valence-corrected chi connectivity index (χ1v) is 5.28. The van der Waals surface area contributed by atoms with Crippen LogP contribution in [0.1, 0.15) is 20.8 Å². The summed E-state index contributed by atoms with van der Waals surface area (Å²) in [7, 11) is 0. The van der Waals surface area contributed by atoms with Gasteiger partial charge in [-0.1, -0.05) is 48.7 Å². The highest BCUT2D eigenvalue weighted by Crippen LogP contribution is 2.29. The van der Waals surface area contributed by atoms with E-state index in [2.05, 4.69) is 0 Å². The topological polar surface area (TPSA) is 26.3 Å². The van der Waals surface area contributed by atoms with Crippen LogP contribution in [0.15, 0.2) is 11.8 Å². The van der Waals surface area contributed by atoms with Gasteiger partial charge < -0.3 is 4.74 Å². The molecule has 0 atom stereocenters. The highest BCUT2D eigenvalue weighted by Gasteiger charge is 2.31. The first-order valence-electron chi connectivity index (χ1n) is 4.15.